The molecule has 3 nitrogen and oxygen atoms in total. The van der Waals surface area contributed by atoms with Gasteiger partial charge in [-0.1, -0.05) is 11.6 Å². The van der Waals surface area contributed by atoms with E-state index in [0.717, 1.165) is 11.4 Å². The van der Waals surface area contributed by atoms with Crippen LogP contribution in [0.1, 0.15) is 30.0 Å². The van der Waals surface area contributed by atoms with Gasteiger partial charge >= 0.3 is 0 Å². The Morgan fingerprint density at radius 3 is 2.82 bits per heavy atom. The van der Waals surface area contributed by atoms with E-state index in [1.165, 1.54) is 12.8 Å². The van der Waals surface area contributed by atoms with Gasteiger partial charge < -0.3 is 0 Å². The van der Waals surface area contributed by atoms with Gasteiger partial charge in [0.15, 0.2) is 0 Å². The van der Waals surface area contributed by atoms with Gasteiger partial charge in [0, 0.05) is 12.1 Å². The summed E-state index contributed by atoms with van der Waals surface area (Å²) in [6.07, 6.45) is 4.42. The van der Waals surface area contributed by atoms with Crippen LogP contribution < -0.4 is 0 Å². The molecule has 3 rings (SSSR count). The Balaban J connectivity index is 1.97. The van der Waals surface area contributed by atoms with Crippen LogP contribution in [-0.2, 0) is 0 Å². The van der Waals surface area contributed by atoms with Crippen molar-refractivity contribution in [2.45, 2.75) is 18.8 Å². The predicted molar refractivity (Wildman–Crippen MR) is 65.3 cm³/mol. The Hall–Kier alpha value is -1.79. The number of nitriles is 1. The second-order valence-corrected chi connectivity index (χ2v) is 4.64. The third-order valence-electron chi connectivity index (χ3n) is 2.94. The van der Waals surface area contributed by atoms with Crippen LogP contribution in [0.4, 0.5) is 0 Å². The van der Waals surface area contributed by atoms with Crippen molar-refractivity contribution in [3.63, 3.8) is 0 Å². The predicted octanol–water partition coefficient (Wildman–Crippen LogP) is 3.27. The zero-order valence-electron chi connectivity index (χ0n) is 9.10. The van der Waals surface area contributed by atoms with Gasteiger partial charge in [-0.15, -0.1) is 0 Å². The first-order chi connectivity index (χ1) is 8.28. The normalized spacial score (nSPS) is 14.6. The minimum atomic E-state index is 0.466. The molecule has 1 aliphatic carbocycles. The molecular formula is C13H10ClN3. The van der Waals surface area contributed by atoms with Crippen LogP contribution >= 0.6 is 11.6 Å². The van der Waals surface area contributed by atoms with E-state index in [1.54, 1.807) is 16.8 Å². The molecule has 4 heteroatoms. The van der Waals surface area contributed by atoms with Crippen LogP contribution in [0.3, 0.4) is 0 Å². The molecule has 0 saturated heterocycles. The minimum absolute atomic E-state index is 0.466. The van der Waals surface area contributed by atoms with E-state index >= 15 is 0 Å². The monoisotopic (exact) mass is 243 g/mol. The third kappa shape index (κ3) is 1.92. The molecule has 1 saturated carbocycles. The first-order valence-corrected chi connectivity index (χ1v) is 5.91. The molecule has 1 fully saturated rings. The van der Waals surface area contributed by atoms with Crippen molar-refractivity contribution in [1.29, 1.82) is 5.26 Å². The lowest BCUT2D eigenvalue weighted by atomic mass is 10.2. The number of hydrogen-bond acceptors (Lipinski definition) is 2. The fraction of sp³-hybridized carbons (Fsp3) is 0.231. The second kappa shape index (κ2) is 3.90. The van der Waals surface area contributed by atoms with E-state index in [1.807, 2.05) is 24.4 Å². The molecule has 1 aromatic heterocycles. The third-order valence-corrected chi connectivity index (χ3v) is 3.26. The van der Waals surface area contributed by atoms with Gasteiger partial charge in [0.05, 0.1) is 22.0 Å². The van der Waals surface area contributed by atoms with E-state index in [2.05, 4.69) is 5.10 Å². The Bertz CT molecular complexity index is 605. The summed E-state index contributed by atoms with van der Waals surface area (Å²) in [5, 5.41) is 13.8. The van der Waals surface area contributed by atoms with E-state index in [4.69, 9.17) is 16.9 Å². The molecule has 0 N–H and O–H groups in total. The first kappa shape index (κ1) is 10.4. The maximum absolute atomic E-state index is 8.81. The quantitative estimate of drug-likeness (QED) is 0.812. The highest BCUT2D eigenvalue weighted by molar-refractivity contribution is 6.31. The largest absolute Gasteiger partial charge is 0.241 e. The zero-order valence-corrected chi connectivity index (χ0v) is 9.85. The van der Waals surface area contributed by atoms with Gasteiger partial charge in [0.1, 0.15) is 6.07 Å². The Morgan fingerprint density at radius 2 is 2.18 bits per heavy atom. The average molecular weight is 244 g/mol. The maximum atomic E-state index is 8.81. The van der Waals surface area contributed by atoms with Crippen LogP contribution in [0.2, 0.25) is 5.02 Å². The van der Waals surface area contributed by atoms with Crippen molar-refractivity contribution in [3.05, 3.63) is 46.7 Å². The fourth-order valence-corrected chi connectivity index (χ4v) is 2.03. The summed E-state index contributed by atoms with van der Waals surface area (Å²) in [5.74, 6) is 0.644. The molecule has 0 bridgehead atoms. The molecule has 1 aromatic carbocycles. The van der Waals surface area contributed by atoms with E-state index in [0.29, 0.717) is 16.5 Å². The summed E-state index contributed by atoms with van der Waals surface area (Å²) in [4.78, 5) is 0. The summed E-state index contributed by atoms with van der Waals surface area (Å²) in [6, 6.07) is 9.43. The SMILES string of the molecule is N#Cc1ccc(-n2ccc(C3CC3)n2)cc1Cl. The highest BCUT2D eigenvalue weighted by Gasteiger charge is 2.25. The van der Waals surface area contributed by atoms with Gasteiger partial charge in [-0.25, -0.2) is 4.68 Å². The van der Waals surface area contributed by atoms with Crippen LogP contribution in [0, 0.1) is 11.3 Å². The van der Waals surface area contributed by atoms with Crippen LogP contribution in [0.15, 0.2) is 30.5 Å². The molecule has 17 heavy (non-hydrogen) atoms. The Labute approximate surface area is 104 Å². The van der Waals surface area contributed by atoms with Crippen molar-refractivity contribution in [2.75, 3.05) is 0 Å². The summed E-state index contributed by atoms with van der Waals surface area (Å²) < 4.78 is 1.81. The number of hydrogen-bond donors (Lipinski definition) is 0. The standard InChI is InChI=1S/C13H10ClN3/c14-12-7-11(4-3-10(12)8-15)17-6-5-13(16-17)9-1-2-9/h3-7,9H,1-2H2. The van der Waals surface area contributed by atoms with E-state index < -0.39 is 0 Å². The molecule has 0 amide bonds. The lowest BCUT2D eigenvalue weighted by Gasteiger charge is -2.02. The van der Waals surface area contributed by atoms with Gasteiger partial charge in [0.25, 0.3) is 0 Å². The average Bonchev–Trinajstić information content (AvgIpc) is 3.07. The van der Waals surface area contributed by atoms with Crippen molar-refractivity contribution in [2.24, 2.45) is 0 Å². The topological polar surface area (TPSA) is 41.6 Å². The van der Waals surface area contributed by atoms with Gasteiger partial charge in [0.2, 0.25) is 0 Å². The summed E-state index contributed by atoms with van der Waals surface area (Å²) in [7, 11) is 0. The number of benzene rings is 1. The maximum Gasteiger partial charge on any atom is 0.101 e. The molecule has 0 radical (unpaired) electrons. The van der Waals surface area contributed by atoms with E-state index in [9.17, 15) is 0 Å². The lowest BCUT2D eigenvalue weighted by molar-refractivity contribution is 0.837. The number of aromatic nitrogens is 2. The number of rotatable bonds is 2. The van der Waals surface area contributed by atoms with Crippen molar-refractivity contribution >= 4 is 11.6 Å². The summed E-state index contributed by atoms with van der Waals surface area (Å²) in [6.45, 7) is 0. The smallest absolute Gasteiger partial charge is 0.101 e. The van der Waals surface area contributed by atoms with Gasteiger partial charge in [-0.3, -0.25) is 0 Å². The van der Waals surface area contributed by atoms with E-state index in [-0.39, 0.29) is 0 Å². The summed E-state index contributed by atoms with van der Waals surface area (Å²) >= 11 is 6.00. The highest BCUT2D eigenvalue weighted by Crippen LogP contribution is 2.39. The highest BCUT2D eigenvalue weighted by atomic mass is 35.5. The molecule has 0 aliphatic heterocycles. The first-order valence-electron chi connectivity index (χ1n) is 5.53. The molecule has 1 heterocycles. The fourth-order valence-electron chi connectivity index (χ4n) is 1.82. The molecule has 0 unspecified atom stereocenters. The Morgan fingerprint density at radius 1 is 1.35 bits per heavy atom. The molecule has 0 atom stereocenters. The molecule has 0 spiro atoms. The number of nitrogens with zero attached hydrogens (tertiary/aromatic N) is 3. The summed E-state index contributed by atoms with van der Waals surface area (Å²) in [5.41, 5.74) is 2.52. The van der Waals surface area contributed by atoms with Crippen molar-refractivity contribution in [3.8, 4) is 11.8 Å². The van der Waals surface area contributed by atoms with Crippen LogP contribution in [0.5, 0.6) is 0 Å². The van der Waals surface area contributed by atoms with Gasteiger partial charge in [-0.05, 0) is 37.1 Å². The number of halogens is 1. The minimum Gasteiger partial charge on any atom is -0.241 e. The molecule has 84 valence electrons. The van der Waals surface area contributed by atoms with Crippen molar-refractivity contribution in [1.82, 2.24) is 9.78 Å². The molecular weight excluding hydrogens is 234 g/mol. The van der Waals surface area contributed by atoms with Crippen molar-refractivity contribution < 1.29 is 0 Å². The van der Waals surface area contributed by atoms with Crippen LogP contribution in [0.25, 0.3) is 5.69 Å². The molecule has 1 aliphatic rings. The Kier molecular flexibility index (Phi) is 2.38. The lowest BCUT2D eigenvalue weighted by Crippen LogP contribution is -1.96. The zero-order chi connectivity index (χ0) is 11.8. The van der Waals surface area contributed by atoms with Crippen LogP contribution in [-0.4, -0.2) is 9.78 Å². The van der Waals surface area contributed by atoms with Gasteiger partial charge in [-0.2, -0.15) is 10.4 Å². The second-order valence-electron chi connectivity index (χ2n) is 4.24. The molecule has 2 aromatic rings.